The van der Waals surface area contributed by atoms with Gasteiger partial charge in [-0.3, -0.25) is 5.43 Å². The number of halogens is 4. The maximum absolute atomic E-state index is 12.6. The molecule has 0 radical (unpaired) electrons. The van der Waals surface area contributed by atoms with Crippen molar-refractivity contribution < 1.29 is 18.3 Å². The van der Waals surface area contributed by atoms with Gasteiger partial charge in [0.05, 0.1) is 16.8 Å². The summed E-state index contributed by atoms with van der Waals surface area (Å²) in [6.07, 6.45) is -2.50. The smallest absolute Gasteiger partial charge is 0.417 e. The first-order valence-corrected chi connectivity index (χ1v) is 7.46. The molecule has 4 nitrogen and oxygen atoms in total. The summed E-state index contributed by atoms with van der Waals surface area (Å²) in [5.74, 6) is 0.00127. The van der Waals surface area contributed by atoms with Crippen molar-refractivity contribution in [1.29, 1.82) is 0 Å². The fourth-order valence-electron chi connectivity index (χ4n) is 2.25. The Bertz CT molecular complexity index is 958. The van der Waals surface area contributed by atoms with E-state index in [4.69, 9.17) is 11.6 Å². The van der Waals surface area contributed by atoms with Gasteiger partial charge in [-0.2, -0.15) is 18.3 Å². The quantitative estimate of drug-likeness (QED) is 0.504. The van der Waals surface area contributed by atoms with Crippen LogP contribution in [-0.2, 0) is 6.18 Å². The summed E-state index contributed by atoms with van der Waals surface area (Å²) in [6.45, 7) is 0. The second-order valence-electron chi connectivity index (χ2n) is 5.14. The third kappa shape index (κ3) is 3.66. The SMILES string of the molecule is Oc1ccc2ccccc2c1/C=N/Nc1ncc(C(F)(F)F)cc1Cl. The van der Waals surface area contributed by atoms with Gasteiger partial charge in [-0.1, -0.05) is 41.9 Å². The third-order valence-corrected chi connectivity index (χ3v) is 3.77. The zero-order valence-corrected chi connectivity index (χ0v) is 13.3. The number of nitrogens with zero attached hydrogens (tertiary/aromatic N) is 2. The second-order valence-corrected chi connectivity index (χ2v) is 5.55. The molecule has 0 saturated carbocycles. The molecule has 3 aromatic rings. The Balaban J connectivity index is 1.86. The molecular weight excluding hydrogens is 355 g/mol. The van der Waals surface area contributed by atoms with Crippen molar-refractivity contribution in [2.45, 2.75) is 6.18 Å². The normalized spacial score (nSPS) is 12.0. The molecule has 0 spiro atoms. The van der Waals surface area contributed by atoms with Crippen LogP contribution >= 0.6 is 11.6 Å². The number of alkyl halides is 3. The first kappa shape index (κ1) is 17.0. The zero-order valence-electron chi connectivity index (χ0n) is 12.5. The van der Waals surface area contributed by atoms with Crippen LogP contribution in [0.4, 0.5) is 19.0 Å². The number of benzene rings is 2. The number of anilines is 1. The molecule has 3 rings (SSSR count). The summed E-state index contributed by atoms with van der Waals surface area (Å²) >= 11 is 5.80. The second kappa shape index (κ2) is 6.60. The van der Waals surface area contributed by atoms with Gasteiger partial charge >= 0.3 is 6.18 Å². The van der Waals surface area contributed by atoms with Crippen molar-refractivity contribution in [1.82, 2.24) is 4.98 Å². The van der Waals surface area contributed by atoms with Crippen molar-refractivity contribution in [3.63, 3.8) is 0 Å². The monoisotopic (exact) mass is 365 g/mol. The average molecular weight is 366 g/mol. The fraction of sp³-hybridized carbons (Fsp3) is 0.0588. The number of pyridine rings is 1. The molecular formula is C17H11ClF3N3O. The standard InChI is InChI=1S/C17H11ClF3N3O/c18-14-7-11(17(19,20)21)8-22-16(14)24-23-9-13-12-4-2-1-3-10(12)5-6-15(13)25/h1-9,25H,(H,22,24)/b23-9+. The van der Waals surface area contributed by atoms with Gasteiger partial charge in [0.25, 0.3) is 0 Å². The summed E-state index contributed by atoms with van der Waals surface area (Å²) in [5, 5.41) is 15.4. The van der Waals surface area contributed by atoms with E-state index in [0.717, 1.165) is 16.8 Å². The highest BCUT2D eigenvalue weighted by Crippen LogP contribution is 2.32. The van der Waals surface area contributed by atoms with Gasteiger partial charge in [0.15, 0.2) is 5.82 Å². The first-order valence-electron chi connectivity index (χ1n) is 7.09. The molecule has 0 aliphatic heterocycles. The molecule has 2 N–H and O–H groups in total. The maximum Gasteiger partial charge on any atom is 0.417 e. The number of nitrogens with one attached hydrogen (secondary N) is 1. The van der Waals surface area contributed by atoms with Gasteiger partial charge in [-0.25, -0.2) is 4.98 Å². The summed E-state index contributed by atoms with van der Waals surface area (Å²) in [6, 6.07) is 11.5. The molecule has 25 heavy (non-hydrogen) atoms. The number of phenolic OH excluding ortho intramolecular Hbond substituents is 1. The topological polar surface area (TPSA) is 57.5 Å². The van der Waals surface area contributed by atoms with Crippen LogP contribution in [0.2, 0.25) is 5.02 Å². The minimum absolute atomic E-state index is 0.0226. The van der Waals surface area contributed by atoms with Crippen molar-refractivity contribution in [2.24, 2.45) is 5.10 Å². The lowest BCUT2D eigenvalue weighted by molar-refractivity contribution is -0.137. The molecule has 0 saturated heterocycles. The van der Waals surface area contributed by atoms with E-state index < -0.39 is 11.7 Å². The summed E-state index contributed by atoms with van der Waals surface area (Å²) in [4.78, 5) is 3.62. The highest BCUT2D eigenvalue weighted by atomic mass is 35.5. The summed E-state index contributed by atoms with van der Waals surface area (Å²) in [5.41, 5.74) is 2.00. The Hall–Kier alpha value is -2.80. The number of fused-ring (bicyclic) bond motifs is 1. The van der Waals surface area contributed by atoms with Crippen LogP contribution in [0.3, 0.4) is 0 Å². The number of aromatic hydroxyl groups is 1. The molecule has 0 amide bonds. The van der Waals surface area contributed by atoms with E-state index in [1.54, 1.807) is 6.07 Å². The van der Waals surface area contributed by atoms with Gasteiger partial charge < -0.3 is 5.11 Å². The van der Waals surface area contributed by atoms with Crippen LogP contribution in [0.5, 0.6) is 5.75 Å². The lowest BCUT2D eigenvalue weighted by Crippen LogP contribution is -2.06. The van der Waals surface area contributed by atoms with E-state index in [9.17, 15) is 18.3 Å². The third-order valence-electron chi connectivity index (χ3n) is 3.48. The fourth-order valence-corrected chi connectivity index (χ4v) is 2.46. The van der Waals surface area contributed by atoms with Gasteiger partial charge in [0, 0.05) is 11.8 Å². The number of hydrazone groups is 1. The van der Waals surface area contributed by atoms with Gasteiger partial charge in [-0.05, 0) is 22.9 Å². The van der Waals surface area contributed by atoms with Crippen molar-refractivity contribution in [3.05, 3.63) is 64.8 Å². The molecule has 8 heteroatoms. The lowest BCUT2D eigenvalue weighted by Gasteiger charge is -2.08. The Labute approximate surface area is 145 Å². The maximum atomic E-state index is 12.6. The molecule has 0 fully saturated rings. The largest absolute Gasteiger partial charge is 0.507 e. The summed E-state index contributed by atoms with van der Waals surface area (Å²) in [7, 11) is 0. The number of rotatable bonds is 3. The van der Waals surface area contributed by atoms with Crippen LogP contribution in [0.25, 0.3) is 10.8 Å². The number of hydrogen-bond donors (Lipinski definition) is 2. The molecule has 0 aliphatic carbocycles. The zero-order chi connectivity index (χ0) is 18.0. The molecule has 0 aliphatic rings. The predicted molar refractivity (Wildman–Crippen MR) is 91.1 cm³/mol. The minimum atomic E-state index is -4.52. The van der Waals surface area contributed by atoms with Crippen LogP contribution in [-0.4, -0.2) is 16.3 Å². The molecule has 1 heterocycles. The number of hydrogen-bond acceptors (Lipinski definition) is 4. The van der Waals surface area contributed by atoms with Crippen LogP contribution in [0.15, 0.2) is 53.8 Å². The van der Waals surface area contributed by atoms with E-state index in [-0.39, 0.29) is 16.6 Å². The average Bonchev–Trinajstić information content (AvgIpc) is 2.57. The molecule has 1 aromatic heterocycles. The van der Waals surface area contributed by atoms with E-state index in [0.29, 0.717) is 11.8 Å². The molecule has 0 unspecified atom stereocenters. The van der Waals surface area contributed by atoms with Gasteiger partial charge in [0.1, 0.15) is 5.75 Å². The highest BCUT2D eigenvalue weighted by Gasteiger charge is 2.31. The van der Waals surface area contributed by atoms with Gasteiger partial charge in [-0.15, -0.1) is 0 Å². The predicted octanol–water partition coefficient (Wildman–Crippen LogP) is 5.06. The van der Waals surface area contributed by atoms with E-state index in [2.05, 4.69) is 15.5 Å². The highest BCUT2D eigenvalue weighted by molar-refractivity contribution is 6.33. The van der Waals surface area contributed by atoms with E-state index in [1.807, 2.05) is 24.3 Å². The first-order chi connectivity index (χ1) is 11.9. The minimum Gasteiger partial charge on any atom is -0.507 e. The number of aromatic nitrogens is 1. The van der Waals surface area contributed by atoms with Crippen molar-refractivity contribution >= 4 is 34.4 Å². The van der Waals surface area contributed by atoms with E-state index in [1.165, 1.54) is 12.3 Å². The van der Waals surface area contributed by atoms with Gasteiger partial charge in [0.2, 0.25) is 0 Å². The van der Waals surface area contributed by atoms with Crippen LogP contribution in [0, 0.1) is 0 Å². The Morgan fingerprint density at radius 2 is 1.92 bits per heavy atom. The molecule has 0 atom stereocenters. The van der Waals surface area contributed by atoms with Crippen molar-refractivity contribution in [3.8, 4) is 5.75 Å². The van der Waals surface area contributed by atoms with E-state index >= 15 is 0 Å². The lowest BCUT2D eigenvalue weighted by atomic mass is 10.0. The molecule has 128 valence electrons. The molecule has 2 aromatic carbocycles. The van der Waals surface area contributed by atoms with Crippen LogP contribution in [0.1, 0.15) is 11.1 Å². The molecule has 0 bridgehead atoms. The van der Waals surface area contributed by atoms with Crippen molar-refractivity contribution in [2.75, 3.05) is 5.43 Å². The van der Waals surface area contributed by atoms with Crippen LogP contribution < -0.4 is 5.43 Å². The Morgan fingerprint density at radius 1 is 1.16 bits per heavy atom. The Morgan fingerprint density at radius 3 is 2.64 bits per heavy atom. The number of phenols is 1. The Kier molecular flexibility index (Phi) is 4.50. The summed E-state index contributed by atoms with van der Waals surface area (Å²) < 4.78 is 37.8.